The molecular formula is C6H3BrN4O. The summed E-state index contributed by atoms with van der Waals surface area (Å²) in [6.07, 6.45) is 3.12. The van der Waals surface area contributed by atoms with Crippen molar-refractivity contribution in [2.75, 3.05) is 0 Å². The minimum absolute atomic E-state index is 0.425. The molecule has 0 amide bonds. The molecule has 0 saturated heterocycles. The van der Waals surface area contributed by atoms with Crippen LogP contribution in [-0.2, 0) is 0 Å². The maximum absolute atomic E-state index is 4.87. The molecule has 0 aliphatic rings. The first kappa shape index (κ1) is 7.35. The number of hydrogen-bond acceptors (Lipinski definition) is 5. The molecule has 0 radical (unpaired) electrons. The molecule has 0 saturated carbocycles. The van der Waals surface area contributed by atoms with E-state index >= 15 is 0 Å². The average Bonchev–Trinajstić information content (AvgIpc) is 2.54. The second kappa shape index (κ2) is 2.98. The third kappa shape index (κ3) is 1.33. The molecule has 2 aromatic heterocycles. The maximum Gasteiger partial charge on any atom is 0.260 e. The molecule has 2 heterocycles. The Bertz CT molecular complexity index is 374. The Kier molecular flexibility index (Phi) is 1.83. The van der Waals surface area contributed by atoms with Crippen molar-refractivity contribution < 1.29 is 4.52 Å². The van der Waals surface area contributed by atoms with Crippen LogP contribution in [0.2, 0.25) is 0 Å². The number of rotatable bonds is 1. The zero-order valence-corrected chi connectivity index (χ0v) is 7.39. The third-order valence-corrected chi connectivity index (χ3v) is 1.55. The molecule has 0 fully saturated rings. The molecule has 0 atom stereocenters. The van der Waals surface area contributed by atoms with Crippen LogP contribution in [0, 0.1) is 0 Å². The topological polar surface area (TPSA) is 64.7 Å². The third-order valence-electron chi connectivity index (χ3n) is 1.23. The minimum atomic E-state index is 0.425. The van der Waals surface area contributed by atoms with Gasteiger partial charge in [0.25, 0.3) is 5.89 Å². The molecule has 0 bridgehead atoms. The Morgan fingerprint density at radius 2 is 2.25 bits per heavy atom. The lowest BCUT2D eigenvalue weighted by Gasteiger charge is -1.87. The first-order chi connectivity index (χ1) is 5.86. The maximum atomic E-state index is 4.87. The standard InChI is InChI=1S/C6H3BrN4O/c7-6-10-5(12-11-6)4-1-2-8-9-3-4/h1-3H. The zero-order chi connectivity index (χ0) is 8.39. The van der Waals surface area contributed by atoms with Gasteiger partial charge in [-0.15, -0.1) is 0 Å². The molecule has 0 aromatic carbocycles. The number of nitrogens with zero attached hydrogens (tertiary/aromatic N) is 4. The fourth-order valence-electron chi connectivity index (χ4n) is 0.740. The summed E-state index contributed by atoms with van der Waals surface area (Å²) in [7, 11) is 0. The van der Waals surface area contributed by atoms with Crippen molar-refractivity contribution in [3.8, 4) is 11.5 Å². The Balaban J connectivity index is 2.45. The molecule has 0 aliphatic carbocycles. The quantitative estimate of drug-likeness (QED) is 0.734. The fraction of sp³-hybridized carbons (Fsp3) is 0. The van der Waals surface area contributed by atoms with Gasteiger partial charge >= 0.3 is 0 Å². The van der Waals surface area contributed by atoms with Gasteiger partial charge in [0.15, 0.2) is 0 Å². The van der Waals surface area contributed by atoms with Crippen molar-refractivity contribution >= 4 is 15.9 Å². The van der Waals surface area contributed by atoms with Gasteiger partial charge in [0, 0.05) is 0 Å². The monoisotopic (exact) mass is 226 g/mol. The lowest BCUT2D eigenvalue weighted by atomic mass is 10.3. The molecule has 60 valence electrons. The Morgan fingerprint density at radius 3 is 2.83 bits per heavy atom. The summed E-state index contributed by atoms with van der Waals surface area (Å²) >= 11 is 3.08. The van der Waals surface area contributed by atoms with Gasteiger partial charge in [0.1, 0.15) is 0 Å². The van der Waals surface area contributed by atoms with E-state index in [1.807, 2.05) is 0 Å². The molecule has 12 heavy (non-hydrogen) atoms. The molecule has 5 nitrogen and oxygen atoms in total. The van der Waals surface area contributed by atoms with Gasteiger partial charge in [-0.05, 0) is 27.2 Å². The second-order valence-electron chi connectivity index (χ2n) is 2.00. The highest BCUT2D eigenvalue weighted by Gasteiger charge is 2.05. The van der Waals surface area contributed by atoms with Crippen molar-refractivity contribution in [1.29, 1.82) is 0 Å². The number of aromatic nitrogens is 4. The molecule has 0 aliphatic heterocycles. The van der Waals surface area contributed by atoms with Crippen LogP contribution in [0.15, 0.2) is 27.7 Å². The van der Waals surface area contributed by atoms with Crippen LogP contribution in [-0.4, -0.2) is 20.3 Å². The Morgan fingerprint density at radius 1 is 1.33 bits per heavy atom. The first-order valence-electron chi connectivity index (χ1n) is 3.12. The summed E-state index contributed by atoms with van der Waals surface area (Å²) in [5.74, 6) is 0.428. The molecular weight excluding hydrogens is 224 g/mol. The van der Waals surface area contributed by atoms with E-state index in [1.165, 1.54) is 0 Å². The lowest BCUT2D eigenvalue weighted by Crippen LogP contribution is -1.81. The van der Waals surface area contributed by atoms with Crippen LogP contribution in [0.25, 0.3) is 11.5 Å². The van der Waals surface area contributed by atoms with E-state index < -0.39 is 0 Å². The summed E-state index contributed by atoms with van der Waals surface area (Å²) in [6, 6.07) is 1.74. The SMILES string of the molecule is Brc1noc(-c2ccnnc2)n1. The summed E-state index contributed by atoms with van der Waals surface area (Å²) in [4.78, 5) is 3.95. The lowest BCUT2D eigenvalue weighted by molar-refractivity contribution is 0.426. The van der Waals surface area contributed by atoms with Gasteiger partial charge in [-0.25, -0.2) is 0 Å². The van der Waals surface area contributed by atoms with Crippen LogP contribution in [0.4, 0.5) is 0 Å². The molecule has 2 rings (SSSR count). The first-order valence-corrected chi connectivity index (χ1v) is 3.92. The second-order valence-corrected chi connectivity index (χ2v) is 2.71. The summed E-state index contributed by atoms with van der Waals surface area (Å²) in [5.41, 5.74) is 0.753. The van der Waals surface area contributed by atoms with E-state index in [2.05, 4.69) is 36.3 Å². The van der Waals surface area contributed by atoms with E-state index in [0.717, 1.165) is 5.56 Å². The van der Waals surface area contributed by atoms with E-state index in [-0.39, 0.29) is 0 Å². The van der Waals surface area contributed by atoms with Crippen LogP contribution < -0.4 is 0 Å². The van der Waals surface area contributed by atoms with Crippen LogP contribution in [0.1, 0.15) is 0 Å². The van der Waals surface area contributed by atoms with E-state index in [1.54, 1.807) is 18.5 Å². The summed E-state index contributed by atoms with van der Waals surface area (Å²) in [5, 5.41) is 10.9. The molecule has 0 unspecified atom stereocenters. The van der Waals surface area contributed by atoms with Gasteiger partial charge < -0.3 is 4.52 Å². The molecule has 6 heteroatoms. The van der Waals surface area contributed by atoms with Gasteiger partial charge in [-0.3, -0.25) is 0 Å². The predicted molar refractivity (Wildman–Crippen MR) is 43.0 cm³/mol. The van der Waals surface area contributed by atoms with E-state index in [4.69, 9.17) is 4.52 Å². The van der Waals surface area contributed by atoms with Gasteiger partial charge in [0.2, 0.25) is 4.73 Å². The Hall–Kier alpha value is -1.30. The smallest absolute Gasteiger partial charge is 0.260 e. The summed E-state index contributed by atoms with van der Waals surface area (Å²) in [6.45, 7) is 0. The van der Waals surface area contributed by atoms with Crippen molar-refractivity contribution in [1.82, 2.24) is 20.3 Å². The van der Waals surface area contributed by atoms with E-state index in [9.17, 15) is 0 Å². The highest BCUT2D eigenvalue weighted by Crippen LogP contribution is 2.16. The average molecular weight is 227 g/mol. The Labute approximate surface area is 75.9 Å². The van der Waals surface area contributed by atoms with Gasteiger partial charge in [-0.2, -0.15) is 15.2 Å². The molecule has 2 aromatic rings. The van der Waals surface area contributed by atoms with Crippen LogP contribution >= 0.6 is 15.9 Å². The molecule has 0 spiro atoms. The summed E-state index contributed by atoms with van der Waals surface area (Å²) < 4.78 is 5.30. The number of halogens is 1. The normalized spacial score (nSPS) is 10.1. The van der Waals surface area contributed by atoms with Gasteiger partial charge in [-0.1, -0.05) is 0 Å². The van der Waals surface area contributed by atoms with Crippen LogP contribution in [0.5, 0.6) is 0 Å². The molecule has 0 N–H and O–H groups in total. The fourth-order valence-corrected chi connectivity index (χ4v) is 0.973. The van der Waals surface area contributed by atoms with Crippen LogP contribution in [0.3, 0.4) is 0 Å². The minimum Gasteiger partial charge on any atom is -0.333 e. The van der Waals surface area contributed by atoms with Crippen molar-refractivity contribution in [3.63, 3.8) is 0 Å². The highest BCUT2D eigenvalue weighted by molar-refractivity contribution is 9.10. The van der Waals surface area contributed by atoms with Crippen molar-refractivity contribution in [2.45, 2.75) is 0 Å². The zero-order valence-electron chi connectivity index (χ0n) is 5.81. The largest absolute Gasteiger partial charge is 0.333 e. The predicted octanol–water partition coefficient (Wildman–Crippen LogP) is 1.29. The van der Waals surface area contributed by atoms with Gasteiger partial charge in [0.05, 0.1) is 18.0 Å². The highest BCUT2D eigenvalue weighted by atomic mass is 79.9. The van der Waals surface area contributed by atoms with Crippen molar-refractivity contribution in [2.24, 2.45) is 0 Å². The van der Waals surface area contributed by atoms with E-state index in [0.29, 0.717) is 10.6 Å². The number of hydrogen-bond donors (Lipinski definition) is 0. The van der Waals surface area contributed by atoms with Crippen molar-refractivity contribution in [3.05, 3.63) is 23.2 Å².